The van der Waals surface area contributed by atoms with Crippen LogP contribution in [0.2, 0.25) is 0 Å². The second kappa shape index (κ2) is 6.76. The van der Waals surface area contributed by atoms with Crippen LogP contribution in [0.15, 0.2) is 47.4 Å². The number of carbonyl (C=O) groups is 1. The molecule has 1 amide bonds. The van der Waals surface area contributed by atoms with Crippen molar-refractivity contribution in [2.24, 2.45) is 7.05 Å². The number of nitrogens with zero attached hydrogens (tertiary/aromatic N) is 5. The lowest BCUT2D eigenvalue weighted by Crippen LogP contribution is -2.29. The van der Waals surface area contributed by atoms with Crippen molar-refractivity contribution < 1.29 is 4.79 Å². The molecule has 0 aliphatic carbocycles. The van der Waals surface area contributed by atoms with E-state index in [0.717, 1.165) is 20.5 Å². The first-order chi connectivity index (χ1) is 13.0. The zero-order valence-electron chi connectivity index (χ0n) is 14.7. The summed E-state index contributed by atoms with van der Waals surface area (Å²) in [6.07, 6.45) is 1.63. The van der Waals surface area contributed by atoms with Crippen molar-refractivity contribution in [2.75, 3.05) is 5.32 Å². The molecule has 4 rings (SSSR count). The van der Waals surface area contributed by atoms with E-state index in [1.54, 1.807) is 25.4 Å². The average molecular weight is 380 g/mol. The van der Waals surface area contributed by atoms with Crippen molar-refractivity contribution in [3.63, 3.8) is 0 Å². The maximum absolute atomic E-state index is 12.4. The number of anilines is 1. The van der Waals surface area contributed by atoms with Gasteiger partial charge in [0, 0.05) is 13.2 Å². The summed E-state index contributed by atoms with van der Waals surface area (Å²) in [5.74, 6) is 0.0439. The molecule has 0 spiro atoms. The van der Waals surface area contributed by atoms with E-state index in [9.17, 15) is 9.59 Å². The Morgan fingerprint density at radius 1 is 1.26 bits per heavy atom. The molecule has 27 heavy (non-hydrogen) atoms. The highest BCUT2D eigenvalue weighted by Gasteiger charge is 2.16. The molecule has 0 saturated heterocycles. The summed E-state index contributed by atoms with van der Waals surface area (Å²) in [6, 6.07) is 11.3. The number of carbonyl (C=O) groups excluding carboxylic acids is 1. The van der Waals surface area contributed by atoms with E-state index in [4.69, 9.17) is 0 Å². The number of fused-ring (bicyclic) bond motifs is 1. The molecule has 1 N–H and O–H groups in total. The molecule has 0 aliphatic heterocycles. The van der Waals surface area contributed by atoms with Crippen molar-refractivity contribution in [1.82, 2.24) is 24.3 Å². The zero-order chi connectivity index (χ0) is 19.0. The van der Waals surface area contributed by atoms with Gasteiger partial charge >= 0.3 is 5.69 Å². The molecule has 0 radical (unpaired) electrons. The highest BCUT2D eigenvalue weighted by molar-refractivity contribution is 7.22. The number of pyridine rings is 1. The first-order valence-corrected chi connectivity index (χ1v) is 9.05. The lowest BCUT2D eigenvalue weighted by molar-refractivity contribution is -0.117. The Hall–Kier alpha value is -3.33. The zero-order valence-corrected chi connectivity index (χ0v) is 15.5. The Morgan fingerprint density at radius 2 is 2.11 bits per heavy atom. The minimum atomic E-state index is -0.384. The highest BCUT2D eigenvalue weighted by Crippen LogP contribution is 2.26. The van der Waals surface area contributed by atoms with Crippen molar-refractivity contribution in [2.45, 2.75) is 13.5 Å². The number of amides is 1. The first-order valence-electron chi connectivity index (χ1n) is 8.23. The molecule has 0 saturated carbocycles. The number of thiazole rings is 1. The third-order valence-corrected chi connectivity index (χ3v) is 4.95. The predicted octanol–water partition coefficient (Wildman–Crippen LogP) is 2.20. The minimum Gasteiger partial charge on any atom is -0.300 e. The fraction of sp³-hybridized carbons (Fsp3) is 0.167. The summed E-state index contributed by atoms with van der Waals surface area (Å²) in [4.78, 5) is 33.3. The fourth-order valence-corrected chi connectivity index (χ4v) is 3.67. The molecule has 0 atom stereocenters. The average Bonchev–Trinajstić information content (AvgIpc) is 3.17. The quantitative estimate of drug-likeness (QED) is 0.586. The molecule has 9 heteroatoms. The van der Waals surface area contributed by atoms with E-state index in [1.807, 2.05) is 31.2 Å². The third-order valence-electron chi connectivity index (χ3n) is 4.02. The summed E-state index contributed by atoms with van der Waals surface area (Å²) in [7, 11) is 1.60. The van der Waals surface area contributed by atoms with Crippen molar-refractivity contribution in [3.05, 3.63) is 58.6 Å². The Morgan fingerprint density at radius 3 is 2.89 bits per heavy atom. The van der Waals surface area contributed by atoms with Gasteiger partial charge in [-0.25, -0.2) is 14.5 Å². The maximum Gasteiger partial charge on any atom is 0.346 e. The van der Waals surface area contributed by atoms with Gasteiger partial charge in [0.25, 0.3) is 0 Å². The van der Waals surface area contributed by atoms with E-state index in [-0.39, 0.29) is 18.1 Å². The van der Waals surface area contributed by atoms with Crippen LogP contribution < -0.4 is 11.0 Å². The first kappa shape index (κ1) is 17.1. The van der Waals surface area contributed by atoms with Crippen LogP contribution in [-0.4, -0.2) is 30.2 Å². The number of aromatic nitrogens is 5. The fourth-order valence-electron chi connectivity index (χ4n) is 2.69. The van der Waals surface area contributed by atoms with Gasteiger partial charge in [-0.1, -0.05) is 23.5 Å². The Bertz CT molecular complexity index is 1190. The lowest BCUT2D eigenvalue weighted by atomic mass is 10.2. The van der Waals surface area contributed by atoms with Gasteiger partial charge < -0.3 is 5.32 Å². The van der Waals surface area contributed by atoms with Crippen LogP contribution in [0.1, 0.15) is 5.56 Å². The van der Waals surface area contributed by atoms with Gasteiger partial charge in [-0.3, -0.25) is 14.3 Å². The standard InChI is InChI=1S/C18H16N6O2S/c1-11-6-7-12-14(9-11)27-17(20-12)21-15(25)10-24-18(26)23(2)16(22-24)13-5-3-4-8-19-13/h3-9H,10H2,1-2H3,(H,20,21,25). The van der Waals surface area contributed by atoms with Gasteiger partial charge in [0.05, 0.1) is 10.2 Å². The van der Waals surface area contributed by atoms with Crippen LogP contribution in [0.3, 0.4) is 0 Å². The SMILES string of the molecule is Cc1ccc2nc(NC(=O)Cn3nc(-c4ccccn4)n(C)c3=O)sc2c1. The van der Waals surface area contributed by atoms with Crippen LogP contribution in [0.4, 0.5) is 5.13 Å². The molecule has 8 nitrogen and oxygen atoms in total. The molecular weight excluding hydrogens is 364 g/mol. The van der Waals surface area contributed by atoms with Crippen LogP contribution in [0.5, 0.6) is 0 Å². The number of aryl methyl sites for hydroxylation is 1. The summed E-state index contributed by atoms with van der Waals surface area (Å²) >= 11 is 1.39. The van der Waals surface area contributed by atoms with Crippen LogP contribution in [0, 0.1) is 6.92 Å². The van der Waals surface area contributed by atoms with Crippen LogP contribution >= 0.6 is 11.3 Å². The summed E-state index contributed by atoms with van der Waals surface area (Å²) < 4.78 is 3.49. The normalized spacial score (nSPS) is 11.0. The number of nitrogens with one attached hydrogen (secondary N) is 1. The second-order valence-corrected chi connectivity index (χ2v) is 7.11. The van der Waals surface area contributed by atoms with E-state index >= 15 is 0 Å². The number of benzene rings is 1. The predicted molar refractivity (Wildman–Crippen MR) is 104 cm³/mol. The maximum atomic E-state index is 12.4. The molecule has 136 valence electrons. The van der Waals surface area contributed by atoms with Gasteiger partial charge in [-0.15, -0.1) is 5.10 Å². The molecule has 0 bridgehead atoms. The van der Waals surface area contributed by atoms with Gasteiger partial charge in [0.15, 0.2) is 11.0 Å². The van der Waals surface area contributed by atoms with E-state index in [1.165, 1.54) is 15.9 Å². The summed E-state index contributed by atoms with van der Waals surface area (Å²) in [6.45, 7) is 1.80. The molecule has 0 fully saturated rings. The van der Waals surface area contributed by atoms with Gasteiger partial charge in [-0.2, -0.15) is 0 Å². The highest BCUT2D eigenvalue weighted by atomic mass is 32.1. The van der Waals surface area contributed by atoms with Crippen molar-refractivity contribution in [3.8, 4) is 11.5 Å². The summed E-state index contributed by atoms with van der Waals surface area (Å²) in [5, 5.41) is 7.48. The third kappa shape index (κ3) is 3.36. The van der Waals surface area contributed by atoms with Crippen LogP contribution in [-0.2, 0) is 18.4 Å². The largest absolute Gasteiger partial charge is 0.346 e. The van der Waals surface area contributed by atoms with Gasteiger partial charge in [0.1, 0.15) is 12.2 Å². The number of rotatable bonds is 4. The Balaban J connectivity index is 1.55. The van der Waals surface area contributed by atoms with Gasteiger partial charge in [-0.05, 0) is 36.8 Å². The van der Waals surface area contributed by atoms with E-state index in [2.05, 4.69) is 20.4 Å². The molecular formula is C18H16N6O2S. The van der Waals surface area contributed by atoms with Crippen molar-refractivity contribution in [1.29, 1.82) is 0 Å². The topological polar surface area (TPSA) is 94.7 Å². The number of hydrogen-bond acceptors (Lipinski definition) is 6. The molecule has 1 aromatic carbocycles. The molecule has 3 heterocycles. The number of hydrogen-bond donors (Lipinski definition) is 1. The molecule has 0 unspecified atom stereocenters. The molecule has 4 aromatic rings. The van der Waals surface area contributed by atoms with Crippen LogP contribution in [0.25, 0.3) is 21.7 Å². The Kier molecular flexibility index (Phi) is 4.28. The summed E-state index contributed by atoms with van der Waals surface area (Å²) in [5.41, 5.74) is 2.14. The lowest BCUT2D eigenvalue weighted by Gasteiger charge is -2.00. The van der Waals surface area contributed by atoms with Gasteiger partial charge in [0.2, 0.25) is 5.91 Å². The van der Waals surface area contributed by atoms with Crippen molar-refractivity contribution >= 4 is 32.6 Å². The molecule has 0 aliphatic rings. The van der Waals surface area contributed by atoms with E-state index < -0.39 is 0 Å². The smallest absolute Gasteiger partial charge is 0.300 e. The Labute approximate surface area is 158 Å². The minimum absolute atomic E-state index is 0.200. The molecule has 3 aromatic heterocycles. The monoisotopic (exact) mass is 380 g/mol. The van der Waals surface area contributed by atoms with E-state index in [0.29, 0.717) is 16.6 Å². The second-order valence-electron chi connectivity index (χ2n) is 6.08.